The van der Waals surface area contributed by atoms with Gasteiger partial charge in [-0.2, -0.15) is 0 Å². The number of nitrogens with zero attached hydrogens (tertiary/aromatic N) is 1. The summed E-state index contributed by atoms with van der Waals surface area (Å²) in [4.78, 5) is 0. The fourth-order valence-electron chi connectivity index (χ4n) is 0.228. The highest BCUT2D eigenvalue weighted by Crippen LogP contribution is 2.13. The average molecular weight is 121 g/mol. The largest absolute Gasteiger partial charge is 0.147 e. The zero-order valence-corrected chi connectivity index (χ0v) is 4.54. The number of rotatable bonds is 0. The highest BCUT2D eigenvalue weighted by atomic mass is 35.5. The van der Waals surface area contributed by atoms with Crippen molar-refractivity contribution >= 4 is 23.5 Å². The third kappa shape index (κ3) is 0.899. The van der Waals surface area contributed by atoms with Crippen LogP contribution in [0, 0.1) is 0 Å². The summed E-state index contributed by atoms with van der Waals surface area (Å²) in [5.74, 6) is 0. The number of halogens is 1. The predicted molar refractivity (Wildman–Crippen MR) is 28.5 cm³/mol. The second-order valence-electron chi connectivity index (χ2n) is 0.912. The van der Waals surface area contributed by atoms with Crippen LogP contribution >= 0.6 is 23.5 Å². The summed E-state index contributed by atoms with van der Waals surface area (Å²) < 4.78 is 3.81. The summed E-state index contributed by atoms with van der Waals surface area (Å²) in [5, 5.41) is 1.87. The molecule has 0 aromatic heterocycles. The monoisotopic (exact) mass is 120 g/mol. The fourth-order valence-corrected chi connectivity index (χ4v) is 1.00. The zero-order chi connectivity index (χ0) is 4.41. The van der Waals surface area contributed by atoms with E-state index in [4.69, 9.17) is 11.6 Å². The summed E-state index contributed by atoms with van der Waals surface area (Å²) in [6, 6.07) is 0. The first kappa shape index (κ1) is 4.50. The molecule has 0 fully saturated rings. The van der Waals surface area contributed by atoms with Crippen molar-refractivity contribution in [1.82, 2.24) is 4.72 Å². The molecule has 0 bridgehead atoms. The molecule has 0 aliphatic carbocycles. The Kier molecular flexibility index (Phi) is 1.40. The van der Waals surface area contributed by atoms with Gasteiger partial charge < -0.3 is 0 Å². The van der Waals surface area contributed by atoms with Crippen molar-refractivity contribution in [1.29, 1.82) is 0 Å². The van der Waals surface area contributed by atoms with Crippen molar-refractivity contribution in [3.05, 3.63) is 11.5 Å². The molecule has 1 aliphatic rings. The molecule has 1 radical (unpaired) electrons. The second kappa shape index (κ2) is 1.87. The molecule has 0 aromatic rings. The first-order valence-corrected chi connectivity index (χ1v) is 2.83. The third-order valence-corrected chi connectivity index (χ3v) is 1.45. The van der Waals surface area contributed by atoms with Crippen molar-refractivity contribution in [2.75, 3.05) is 0 Å². The topological polar surface area (TPSA) is 14.1 Å². The van der Waals surface area contributed by atoms with Crippen LogP contribution in [0.4, 0.5) is 0 Å². The van der Waals surface area contributed by atoms with Crippen molar-refractivity contribution in [2.24, 2.45) is 0 Å². The molecule has 0 spiro atoms. The lowest BCUT2D eigenvalue weighted by Gasteiger charge is -1.86. The highest BCUT2D eigenvalue weighted by Gasteiger charge is 2.02. The van der Waals surface area contributed by atoms with E-state index in [9.17, 15) is 0 Å². The van der Waals surface area contributed by atoms with Gasteiger partial charge in [0.15, 0.2) is 0 Å². The van der Waals surface area contributed by atoms with Crippen molar-refractivity contribution in [3.63, 3.8) is 0 Å². The number of hydrogen-bond acceptors (Lipinski definition) is 1. The van der Waals surface area contributed by atoms with Gasteiger partial charge in [-0.15, -0.1) is 4.72 Å². The van der Waals surface area contributed by atoms with E-state index in [0.29, 0.717) is 0 Å². The lowest BCUT2D eigenvalue weighted by Crippen LogP contribution is -1.96. The first-order valence-electron chi connectivity index (χ1n) is 1.56. The quantitative estimate of drug-likeness (QED) is 0.267. The smallest absolute Gasteiger partial charge is 0.130 e. The van der Waals surface area contributed by atoms with E-state index in [1.807, 2.05) is 11.5 Å². The van der Waals surface area contributed by atoms with E-state index in [1.54, 1.807) is 0 Å². The van der Waals surface area contributed by atoms with Gasteiger partial charge in [0.05, 0.1) is 0 Å². The summed E-state index contributed by atoms with van der Waals surface area (Å²) >= 11 is 6.83. The van der Waals surface area contributed by atoms with Crippen LogP contribution in [-0.2, 0) is 0 Å². The van der Waals surface area contributed by atoms with E-state index in [1.165, 1.54) is 11.9 Å². The van der Waals surface area contributed by atoms with Crippen LogP contribution < -0.4 is 4.72 Å². The van der Waals surface area contributed by atoms with Gasteiger partial charge in [0.1, 0.15) is 5.50 Å². The van der Waals surface area contributed by atoms with Gasteiger partial charge in [-0.25, -0.2) is 0 Å². The molecule has 3 heteroatoms. The molecular formula is C3H3ClNS. The van der Waals surface area contributed by atoms with Gasteiger partial charge in [-0.3, -0.25) is 0 Å². The minimum Gasteiger partial charge on any atom is -0.147 e. The second-order valence-corrected chi connectivity index (χ2v) is 2.05. The van der Waals surface area contributed by atoms with Crippen molar-refractivity contribution in [2.45, 2.75) is 5.50 Å². The van der Waals surface area contributed by atoms with Crippen LogP contribution in [0.15, 0.2) is 11.5 Å². The molecule has 33 valence electrons. The van der Waals surface area contributed by atoms with Gasteiger partial charge >= 0.3 is 0 Å². The molecule has 1 atom stereocenters. The van der Waals surface area contributed by atoms with Gasteiger partial charge in [-0.05, 0) is 23.4 Å². The van der Waals surface area contributed by atoms with Crippen molar-refractivity contribution in [3.8, 4) is 0 Å². The number of alkyl halides is 1. The van der Waals surface area contributed by atoms with E-state index in [2.05, 4.69) is 4.72 Å². The Bertz CT molecular complexity index is 73.2. The minimum absolute atomic E-state index is 0.0741. The molecule has 0 N–H and O–H groups in total. The summed E-state index contributed by atoms with van der Waals surface area (Å²) in [5.41, 5.74) is -0.0741. The molecule has 1 aliphatic heterocycles. The standard InChI is InChI=1S/C3H3ClNS/c4-3-1-2-6-5-3/h1-3H. The minimum atomic E-state index is -0.0741. The van der Waals surface area contributed by atoms with Crippen LogP contribution in [0.1, 0.15) is 0 Å². The fraction of sp³-hybridized carbons (Fsp3) is 0.333. The maximum absolute atomic E-state index is 5.44. The molecule has 0 amide bonds. The highest BCUT2D eigenvalue weighted by molar-refractivity contribution is 8.00. The Hall–Kier alpha value is 0.340. The molecule has 6 heavy (non-hydrogen) atoms. The summed E-state index contributed by atoms with van der Waals surface area (Å²) in [6.45, 7) is 0. The zero-order valence-electron chi connectivity index (χ0n) is 2.97. The molecular weight excluding hydrogens is 118 g/mol. The van der Waals surface area contributed by atoms with Crippen LogP contribution in [-0.4, -0.2) is 5.50 Å². The molecule has 1 nitrogen and oxygen atoms in total. The Morgan fingerprint density at radius 3 is 2.83 bits per heavy atom. The molecule has 0 saturated carbocycles. The van der Waals surface area contributed by atoms with Crippen LogP contribution in [0.2, 0.25) is 0 Å². The van der Waals surface area contributed by atoms with Crippen LogP contribution in [0.5, 0.6) is 0 Å². The molecule has 0 aromatic carbocycles. The normalized spacial score (nSPS) is 31.8. The van der Waals surface area contributed by atoms with Crippen LogP contribution in [0.3, 0.4) is 0 Å². The van der Waals surface area contributed by atoms with Gasteiger partial charge in [-0.1, -0.05) is 11.6 Å². The van der Waals surface area contributed by atoms with E-state index < -0.39 is 0 Å². The van der Waals surface area contributed by atoms with Gasteiger partial charge in [0, 0.05) is 0 Å². The predicted octanol–water partition coefficient (Wildman–Crippen LogP) is 1.33. The third-order valence-electron chi connectivity index (χ3n) is 0.460. The summed E-state index contributed by atoms with van der Waals surface area (Å²) in [6.07, 6.45) is 1.84. The molecule has 1 unspecified atom stereocenters. The van der Waals surface area contributed by atoms with E-state index in [-0.39, 0.29) is 5.50 Å². The van der Waals surface area contributed by atoms with E-state index in [0.717, 1.165) is 0 Å². The Morgan fingerprint density at radius 2 is 2.67 bits per heavy atom. The van der Waals surface area contributed by atoms with Crippen molar-refractivity contribution < 1.29 is 0 Å². The molecule has 0 saturated heterocycles. The lowest BCUT2D eigenvalue weighted by atomic mass is 10.7. The van der Waals surface area contributed by atoms with Gasteiger partial charge in [0.25, 0.3) is 0 Å². The van der Waals surface area contributed by atoms with Crippen LogP contribution in [0.25, 0.3) is 0 Å². The Balaban J connectivity index is 2.38. The SMILES string of the molecule is ClC1C=CS[N]1. The molecule has 1 rings (SSSR count). The lowest BCUT2D eigenvalue weighted by molar-refractivity contribution is 1.04. The first-order chi connectivity index (χ1) is 2.89. The maximum atomic E-state index is 5.44. The maximum Gasteiger partial charge on any atom is 0.130 e. The average Bonchev–Trinajstić information content (AvgIpc) is 1.86. The summed E-state index contributed by atoms with van der Waals surface area (Å²) in [7, 11) is 0. The van der Waals surface area contributed by atoms with Gasteiger partial charge in [0.2, 0.25) is 0 Å². The molecule has 1 heterocycles. The van der Waals surface area contributed by atoms with E-state index >= 15 is 0 Å². The Morgan fingerprint density at radius 1 is 1.83 bits per heavy atom. The number of hydrogen-bond donors (Lipinski definition) is 0. The Labute approximate surface area is 45.9 Å².